The van der Waals surface area contributed by atoms with Gasteiger partial charge in [-0.1, -0.05) is 0 Å². The van der Waals surface area contributed by atoms with Crippen molar-refractivity contribution in [3.8, 4) is 0 Å². The Morgan fingerprint density at radius 1 is 1.23 bits per heavy atom. The van der Waals surface area contributed by atoms with Crippen LogP contribution < -0.4 is 0 Å². The fraction of sp³-hybridized carbons (Fsp3) is 0.400. The first-order valence-corrected chi connectivity index (χ1v) is 7.12. The SMILES string of the molecule is Cc1cnc(C(=O)N2CCO[C@@H](c3nccc(C)n3)C2)cn1. The molecule has 7 nitrogen and oxygen atoms in total. The number of hydrogen-bond donors (Lipinski definition) is 0. The van der Waals surface area contributed by atoms with E-state index in [0.717, 1.165) is 11.4 Å². The Kier molecular flexibility index (Phi) is 4.06. The van der Waals surface area contributed by atoms with Gasteiger partial charge in [-0.15, -0.1) is 0 Å². The Morgan fingerprint density at radius 2 is 2.09 bits per heavy atom. The lowest BCUT2D eigenvalue weighted by molar-refractivity contribution is -0.0270. The minimum absolute atomic E-state index is 0.145. The third-order valence-corrected chi connectivity index (χ3v) is 3.46. The van der Waals surface area contributed by atoms with Crippen molar-refractivity contribution in [2.24, 2.45) is 0 Å². The average Bonchev–Trinajstić information content (AvgIpc) is 2.55. The number of aromatic nitrogens is 4. The van der Waals surface area contributed by atoms with Crippen LogP contribution in [0.1, 0.15) is 33.8 Å². The smallest absolute Gasteiger partial charge is 0.274 e. The first kappa shape index (κ1) is 14.5. The van der Waals surface area contributed by atoms with E-state index in [2.05, 4.69) is 19.9 Å². The number of nitrogens with zero attached hydrogens (tertiary/aromatic N) is 5. The largest absolute Gasteiger partial charge is 0.367 e. The van der Waals surface area contributed by atoms with E-state index in [1.807, 2.05) is 19.9 Å². The topological polar surface area (TPSA) is 81.1 Å². The molecule has 114 valence electrons. The summed E-state index contributed by atoms with van der Waals surface area (Å²) in [6.07, 6.45) is 4.49. The van der Waals surface area contributed by atoms with E-state index in [1.165, 1.54) is 6.20 Å². The zero-order valence-electron chi connectivity index (χ0n) is 12.6. The first-order valence-electron chi connectivity index (χ1n) is 7.12. The van der Waals surface area contributed by atoms with Crippen LogP contribution in [0.15, 0.2) is 24.7 Å². The van der Waals surface area contributed by atoms with Gasteiger partial charge in [0.1, 0.15) is 11.8 Å². The van der Waals surface area contributed by atoms with E-state index in [0.29, 0.717) is 31.2 Å². The van der Waals surface area contributed by atoms with Crippen molar-refractivity contribution < 1.29 is 9.53 Å². The molecule has 3 heterocycles. The van der Waals surface area contributed by atoms with E-state index in [-0.39, 0.29) is 12.0 Å². The summed E-state index contributed by atoms with van der Waals surface area (Å²) in [4.78, 5) is 31.1. The first-order chi connectivity index (χ1) is 10.6. The Labute approximate surface area is 128 Å². The lowest BCUT2D eigenvalue weighted by Gasteiger charge is -2.31. The molecule has 0 spiro atoms. The van der Waals surface area contributed by atoms with Crippen LogP contribution in [0.25, 0.3) is 0 Å². The van der Waals surface area contributed by atoms with Gasteiger partial charge >= 0.3 is 0 Å². The molecular formula is C15H17N5O2. The molecule has 0 aromatic carbocycles. The van der Waals surface area contributed by atoms with Crippen molar-refractivity contribution in [1.29, 1.82) is 0 Å². The molecule has 1 aliphatic rings. The molecule has 1 saturated heterocycles. The van der Waals surface area contributed by atoms with Crippen LogP contribution in [-0.4, -0.2) is 50.4 Å². The zero-order chi connectivity index (χ0) is 15.5. The Hall–Kier alpha value is -2.41. The fourth-order valence-electron chi connectivity index (χ4n) is 2.28. The van der Waals surface area contributed by atoms with Gasteiger partial charge in [-0.2, -0.15) is 0 Å². The van der Waals surface area contributed by atoms with Crippen LogP contribution in [0.5, 0.6) is 0 Å². The summed E-state index contributed by atoms with van der Waals surface area (Å²) in [5.74, 6) is 0.459. The summed E-state index contributed by atoms with van der Waals surface area (Å²) in [6.45, 7) is 5.13. The third-order valence-electron chi connectivity index (χ3n) is 3.46. The van der Waals surface area contributed by atoms with Gasteiger partial charge in [0.05, 0.1) is 25.0 Å². The summed E-state index contributed by atoms with van der Waals surface area (Å²) >= 11 is 0. The highest BCUT2D eigenvalue weighted by Gasteiger charge is 2.28. The van der Waals surface area contributed by atoms with Gasteiger partial charge in [-0.3, -0.25) is 9.78 Å². The molecule has 1 aliphatic heterocycles. The fourth-order valence-corrected chi connectivity index (χ4v) is 2.28. The number of hydrogen-bond acceptors (Lipinski definition) is 6. The minimum Gasteiger partial charge on any atom is -0.367 e. The molecule has 2 aromatic heterocycles. The van der Waals surface area contributed by atoms with E-state index >= 15 is 0 Å². The maximum atomic E-state index is 12.5. The van der Waals surface area contributed by atoms with Crippen LogP contribution >= 0.6 is 0 Å². The number of amides is 1. The highest BCUT2D eigenvalue weighted by Crippen LogP contribution is 2.20. The van der Waals surface area contributed by atoms with Crippen LogP contribution in [-0.2, 0) is 4.74 Å². The van der Waals surface area contributed by atoms with Gasteiger partial charge in [-0.05, 0) is 19.9 Å². The van der Waals surface area contributed by atoms with Crippen molar-refractivity contribution in [3.05, 3.63) is 47.6 Å². The molecule has 3 rings (SSSR count). The summed E-state index contributed by atoms with van der Waals surface area (Å²) in [6, 6.07) is 1.83. The van der Waals surface area contributed by atoms with Gasteiger partial charge < -0.3 is 9.64 Å². The van der Waals surface area contributed by atoms with E-state index in [1.54, 1.807) is 17.3 Å². The number of morpholine rings is 1. The molecule has 0 bridgehead atoms. The van der Waals surface area contributed by atoms with Crippen LogP contribution in [0.4, 0.5) is 0 Å². The van der Waals surface area contributed by atoms with E-state index in [9.17, 15) is 4.79 Å². The Bertz CT molecular complexity index is 674. The van der Waals surface area contributed by atoms with Crippen molar-refractivity contribution in [2.45, 2.75) is 20.0 Å². The van der Waals surface area contributed by atoms with Gasteiger partial charge in [0, 0.05) is 24.6 Å². The quantitative estimate of drug-likeness (QED) is 0.826. The molecule has 1 fully saturated rings. The lowest BCUT2D eigenvalue weighted by atomic mass is 10.2. The van der Waals surface area contributed by atoms with E-state index < -0.39 is 0 Å². The predicted molar refractivity (Wildman–Crippen MR) is 78.1 cm³/mol. The summed E-state index contributed by atoms with van der Waals surface area (Å²) in [5.41, 5.74) is 2.00. The molecule has 22 heavy (non-hydrogen) atoms. The second-order valence-electron chi connectivity index (χ2n) is 5.21. The number of aryl methyl sites for hydroxylation is 2. The second-order valence-corrected chi connectivity index (χ2v) is 5.21. The molecule has 0 unspecified atom stereocenters. The minimum atomic E-state index is -0.309. The molecule has 1 atom stereocenters. The summed E-state index contributed by atoms with van der Waals surface area (Å²) in [7, 11) is 0. The summed E-state index contributed by atoms with van der Waals surface area (Å²) in [5, 5.41) is 0. The molecule has 0 radical (unpaired) electrons. The number of carbonyl (C=O) groups is 1. The van der Waals surface area contributed by atoms with Crippen molar-refractivity contribution in [3.63, 3.8) is 0 Å². The highest BCUT2D eigenvalue weighted by molar-refractivity contribution is 5.92. The molecule has 0 N–H and O–H groups in total. The predicted octanol–water partition coefficient (Wildman–Crippen LogP) is 1.10. The van der Waals surface area contributed by atoms with Crippen molar-refractivity contribution in [2.75, 3.05) is 19.7 Å². The second kappa shape index (κ2) is 6.15. The van der Waals surface area contributed by atoms with Crippen LogP contribution in [0.2, 0.25) is 0 Å². The zero-order valence-corrected chi connectivity index (χ0v) is 12.6. The third kappa shape index (κ3) is 3.09. The van der Waals surface area contributed by atoms with Gasteiger partial charge in [-0.25, -0.2) is 15.0 Å². The van der Waals surface area contributed by atoms with E-state index in [4.69, 9.17) is 4.74 Å². The normalized spacial score (nSPS) is 18.3. The lowest BCUT2D eigenvalue weighted by Crippen LogP contribution is -2.43. The number of rotatable bonds is 2. The molecule has 0 aliphatic carbocycles. The maximum absolute atomic E-state index is 12.5. The van der Waals surface area contributed by atoms with Crippen molar-refractivity contribution >= 4 is 5.91 Å². The Balaban J connectivity index is 1.75. The molecular weight excluding hydrogens is 282 g/mol. The average molecular weight is 299 g/mol. The number of ether oxygens (including phenoxy) is 1. The van der Waals surface area contributed by atoms with Gasteiger partial charge in [0.2, 0.25) is 0 Å². The molecule has 2 aromatic rings. The standard InChI is InChI=1S/C15H17N5O2/c1-10-3-4-16-14(19-10)13-9-20(5-6-22-13)15(21)12-8-17-11(2)7-18-12/h3-4,7-8,13H,5-6,9H2,1-2H3/t13-/m1/s1. The van der Waals surface area contributed by atoms with Crippen molar-refractivity contribution in [1.82, 2.24) is 24.8 Å². The molecule has 1 amide bonds. The van der Waals surface area contributed by atoms with Gasteiger partial charge in [0.15, 0.2) is 5.82 Å². The van der Waals surface area contributed by atoms with Crippen LogP contribution in [0, 0.1) is 13.8 Å². The molecule has 7 heteroatoms. The summed E-state index contributed by atoms with van der Waals surface area (Å²) < 4.78 is 5.70. The molecule has 0 saturated carbocycles. The number of carbonyl (C=O) groups excluding carboxylic acids is 1. The maximum Gasteiger partial charge on any atom is 0.274 e. The monoisotopic (exact) mass is 299 g/mol. The van der Waals surface area contributed by atoms with Crippen LogP contribution in [0.3, 0.4) is 0 Å². The highest BCUT2D eigenvalue weighted by atomic mass is 16.5. The Morgan fingerprint density at radius 3 is 2.82 bits per heavy atom. The van der Waals surface area contributed by atoms with Gasteiger partial charge in [0.25, 0.3) is 5.91 Å².